The zero-order chi connectivity index (χ0) is 16.5. The van der Waals surface area contributed by atoms with Crippen LogP contribution in [0.15, 0.2) is 59.0 Å². The number of hydrogen-bond acceptors (Lipinski definition) is 5. The molecule has 0 radical (unpaired) electrons. The zero-order valence-electron chi connectivity index (χ0n) is 12.5. The molecule has 0 saturated carbocycles. The second-order valence-electron chi connectivity index (χ2n) is 5.27. The number of H-pyrrole nitrogens is 1. The predicted octanol–water partition coefficient (Wildman–Crippen LogP) is 3.35. The van der Waals surface area contributed by atoms with Gasteiger partial charge in [0, 0.05) is 10.8 Å². The van der Waals surface area contributed by atoms with Gasteiger partial charge < -0.3 is 9.15 Å². The summed E-state index contributed by atoms with van der Waals surface area (Å²) < 4.78 is 10.5. The molecule has 0 aliphatic carbocycles. The number of esters is 1. The number of carbonyl (C=O) groups is 2. The van der Waals surface area contributed by atoms with Crippen LogP contribution < -0.4 is 0 Å². The molecule has 4 rings (SSSR count). The van der Waals surface area contributed by atoms with Gasteiger partial charge in [0.25, 0.3) is 0 Å². The Balaban J connectivity index is 1.49. The molecule has 0 unspecified atom stereocenters. The van der Waals surface area contributed by atoms with Crippen LogP contribution in [0.3, 0.4) is 0 Å². The van der Waals surface area contributed by atoms with Crippen LogP contribution in [0.5, 0.6) is 0 Å². The number of carbonyl (C=O) groups excluding carboxylic acids is 2. The van der Waals surface area contributed by atoms with E-state index >= 15 is 0 Å². The normalized spacial score (nSPS) is 11.0. The number of ether oxygens (including phenoxy) is 1. The molecule has 0 aliphatic heterocycles. The summed E-state index contributed by atoms with van der Waals surface area (Å²) in [5.74, 6) is -0.896. The maximum Gasteiger partial charge on any atom is 0.359 e. The van der Waals surface area contributed by atoms with E-state index in [4.69, 9.17) is 9.15 Å². The average molecular weight is 320 g/mol. The lowest BCUT2D eigenvalue weighted by molar-refractivity contribution is 0.0464. The first-order valence-electron chi connectivity index (χ1n) is 7.34. The molecule has 1 N–H and O–H groups in total. The molecule has 0 atom stereocenters. The number of aromatic amines is 1. The van der Waals surface area contributed by atoms with Crippen molar-refractivity contribution in [1.82, 2.24) is 10.2 Å². The Bertz CT molecular complexity index is 1030. The summed E-state index contributed by atoms with van der Waals surface area (Å²) in [6, 6.07) is 16.1. The zero-order valence-corrected chi connectivity index (χ0v) is 12.5. The van der Waals surface area contributed by atoms with Crippen LogP contribution in [0.25, 0.3) is 21.9 Å². The number of nitrogens with one attached hydrogen (secondary N) is 1. The molecular formula is C18H12N2O4. The number of para-hydroxylation sites is 2. The fourth-order valence-electron chi connectivity index (χ4n) is 2.51. The first kappa shape index (κ1) is 14.2. The summed E-state index contributed by atoms with van der Waals surface area (Å²) in [7, 11) is 0. The van der Waals surface area contributed by atoms with Gasteiger partial charge in [-0.15, -0.1) is 0 Å². The highest BCUT2D eigenvalue weighted by atomic mass is 16.5. The molecule has 0 spiro atoms. The Morgan fingerprint density at radius 2 is 1.88 bits per heavy atom. The van der Waals surface area contributed by atoms with E-state index < -0.39 is 18.4 Å². The van der Waals surface area contributed by atoms with Crippen LogP contribution in [-0.4, -0.2) is 28.6 Å². The second kappa shape index (κ2) is 5.66. The Morgan fingerprint density at radius 1 is 1.08 bits per heavy atom. The quantitative estimate of drug-likeness (QED) is 0.460. The lowest BCUT2D eigenvalue weighted by atomic mass is 10.2. The predicted molar refractivity (Wildman–Crippen MR) is 86.9 cm³/mol. The van der Waals surface area contributed by atoms with Crippen LogP contribution in [0.1, 0.15) is 21.0 Å². The highest BCUT2D eigenvalue weighted by Gasteiger charge is 2.19. The van der Waals surface area contributed by atoms with Crippen molar-refractivity contribution in [3.8, 4) is 0 Å². The maximum atomic E-state index is 12.2. The number of Topliss-reactive ketones (excluding diaryl/α,β-unsaturated/α-hetero) is 1. The molecule has 4 aromatic rings. The number of benzene rings is 2. The monoisotopic (exact) mass is 320 g/mol. The summed E-state index contributed by atoms with van der Waals surface area (Å²) in [4.78, 5) is 24.3. The molecule has 2 aromatic carbocycles. The Kier molecular flexibility index (Phi) is 3.35. The van der Waals surface area contributed by atoms with Gasteiger partial charge >= 0.3 is 5.97 Å². The van der Waals surface area contributed by atoms with E-state index in [1.54, 1.807) is 30.3 Å². The van der Waals surface area contributed by atoms with Gasteiger partial charge in [0.05, 0.1) is 5.52 Å². The van der Waals surface area contributed by atoms with Crippen LogP contribution in [0, 0.1) is 0 Å². The number of rotatable bonds is 4. The third-order valence-corrected chi connectivity index (χ3v) is 3.70. The number of fused-ring (bicyclic) bond motifs is 2. The van der Waals surface area contributed by atoms with Crippen molar-refractivity contribution in [3.05, 3.63) is 66.1 Å². The van der Waals surface area contributed by atoms with Gasteiger partial charge in [0.2, 0.25) is 5.78 Å². The van der Waals surface area contributed by atoms with Gasteiger partial charge in [0.1, 0.15) is 5.58 Å². The Hall–Kier alpha value is -3.41. The third-order valence-electron chi connectivity index (χ3n) is 3.70. The lowest BCUT2D eigenvalue weighted by Gasteiger charge is -2.00. The minimum absolute atomic E-state index is 0.156. The maximum absolute atomic E-state index is 12.2. The van der Waals surface area contributed by atoms with E-state index in [1.807, 2.05) is 24.3 Å². The van der Waals surface area contributed by atoms with Gasteiger partial charge in [-0.05, 0) is 18.2 Å². The number of furan rings is 1. The summed E-state index contributed by atoms with van der Waals surface area (Å²) in [5.41, 5.74) is 1.50. The molecule has 2 aromatic heterocycles. The first-order valence-corrected chi connectivity index (χ1v) is 7.34. The van der Waals surface area contributed by atoms with Gasteiger partial charge in [-0.2, -0.15) is 5.10 Å². The number of ketones is 1. The highest BCUT2D eigenvalue weighted by molar-refractivity contribution is 6.04. The molecule has 24 heavy (non-hydrogen) atoms. The van der Waals surface area contributed by atoms with Gasteiger partial charge in [0.15, 0.2) is 18.1 Å². The molecule has 0 aliphatic rings. The smallest absolute Gasteiger partial charge is 0.359 e. The number of nitrogens with zero attached hydrogens (tertiary/aromatic N) is 1. The minimum atomic E-state index is -0.656. The standard InChI is InChI=1S/C18H12N2O4/c21-14(16-9-11-5-1-4-8-15(11)24-16)10-23-18(22)17-12-6-2-3-7-13(12)19-20-17/h1-9H,10H2,(H,19,20). The summed E-state index contributed by atoms with van der Waals surface area (Å²) >= 11 is 0. The van der Waals surface area contributed by atoms with Gasteiger partial charge in [-0.25, -0.2) is 4.79 Å². The van der Waals surface area contributed by atoms with E-state index in [9.17, 15) is 9.59 Å². The molecular weight excluding hydrogens is 308 g/mol. The van der Waals surface area contributed by atoms with Crippen molar-refractivity contribution in [3.63, 3.8) is 0 Å². The molecule has 0 saturated heterocycles. The SMILES string of the molecule is O=C(COC(=O)c1n[nH]c2ccccc12)c1cc2ccccc2o1. The Morgan fingerprint density at radius 3 is 2.75 bits per heavy atom. The van der Waals surface area contributed by atoms with Crippen molar-refractivity contribution >= 4 is 33.6 Å². The fourth-order valence-corrected chi connectivity index (χ4v) is 2.51. The number of aromatic nitrogens is 2. The van der Waals surface area contributed by atoms with E-state index in [0.29, 0.717) is 11.0 Å². The number of hydrogen-bond donors (Lipinski definition) is 1. The van der Waals surface area contributed by atoms with E-state index in [1.165, 1.54) is 0 Å². The first-order chi connectivity index (χ1) is 11.7. The van der Waals surface area contributed by atoms with Crippen LogP contribution >= 0.6 is 0 Å². The van der Waals surface area contributed by atoms with Crippen LogP contribution in [0.4, 0.5) is 0 Å². The molecule has 6 nitrogen and oxygen atoms in total. The van der Waals surface area contributed by atoms with Crippen LogP contribution in [-0.2, 0) is 4.74 Å². The van der Waals surface area contributed by atoms with Crippen LogP contribution in [0.2, 0.25) is 0 Å². The van der Waals surface area contributed by atoms with Crippen molar-refractivity contribution < 1.29 is 18.7 Å². The average Bonchev–Trinajstić information content (AvgIpc) is 3.23. The topological polar surface area (TPSA) is 85.2 Å². The lowest BCUT2D eigenvalue weighted by Crippen LogP contribution is -2.14. The molecule has 0 bridgehead atoms. The summed E-state index contributed by atoms with van der Waals surface area (Å²) in [6.45, 7) is -0.403. The van der Waals surface area contributed by atoms with Crippen molar-refractivity contribution in [2.24, 2.45) is 0 Å². The van der Waals surface area contributed by atoms with Gasteiger partial charge in [-0.1, -0.05) is 36.4 Å². The molecule has 0 amide bonds. The van der Waals surface area contributed by atoms with E-state index in [2.05, 4.69) is 10.2 Å². The van der Waals surface area contributed by atoms with E-state index in [0.717, 1.165) is 10.9 Å². The molecule has 2 heterocycles. The fraction of sp³-hybridized carbons (Fsp3) is 0.0556. The molecule has 6 heteroatoms. The van der Waals surface area contributed by atoms with E-state index in [-0.39, 0.29) is 11.5 Å². The Labute approximate surface area is 136 Å². The summed E-state index contributed by atoms with van der Waals surface area (Å²) in [6.07, 6.45) is 0. The third kappa shape index (κ3) is 2.44. The van der Waals surface area contributed by atoms with Crippen molar-refractivity contribution in [1.29, 1.82) is 0 Å². The molecule has 0 fully saturated rings. The minimum Gasteiger partial charge on any atom is -0.453 e. The highest BCUT2D eigenvalue weighted by Crippen LogP contribution is 2.20. The second-order valence-corrected chi connectivity index (χ2v) is 5.27. The van der Waals surface area contributed by atoms with Gasteiger partial charge in [-0.3, -0.25) is 9.89 Å². The summed E-state index contributed by atoms with van der Waals surface area (Å²) in [5, 5.41) is 8.17. The van der Waals surface area contributed by atoms with Crippen molar-refractivity contribution in [2.45, 2.75) is 0 Å². The van der Waals surface area contributed by atoms with Crippen molar-refractivity contribution in [2.75, 3.05) is 6.61 Å². The largest absolute Gasteiger partial charge is 0.453 e. The molecule has 118 valence electrons.